The first kappa shape index (κ1) is 67.7. The number of rotatable bonds is 26. The summed E-state index contributed by atoms with van der Waals surface area (Å²) < 4.78 is 72.0. The van der Waals surface area contributed by atoms with Crippen molar-refractivity contribution < 1.29 is 85.3 Å². The topological polar surface area (TPSA) is 337 Å². The average Bonchev–Trinajstić information content (AvgIpc) is 1.64. The molecule has 1 fully saturated rings. The summed E-state index contributed by atoms with van der Waals surface area (Å²) >= 11 is 6.62. The van der Waals surface area contributed by atoms with Gasteiger partial charge in [-0.05, 0) is 91.9 Å². The number of nitrogens with zero attached hydrogens (tertiary/aromatic N) is 7. The van der Waals surface area contributed by atoms with Gasteiger partial charge >= 0.3 is 10.4 Å². The molecular formula is C63H77ClN8O18S. The first-order valence-electron chi connectivity index (χ1n) is 29.3. The number of fused-ring (bicyclic) bond motifs is 4. The fraction of sp³-hybridized carbons (Fsp3) is 0.476. The molecule has 490 valence electrons. The van der Waals surface area contributed by atoms with Crippen LogP contribution in [-0.4, -0.2) is 196 Å². The summed E-state index contributed by atoms with van der Waals surface area (Å²) in [5.41, 5.74) is 0.728. The van der Waals surface area contributed by atoms with E-state index in [2.05, 4.69) is 20.5 Å². The van der Waals surface area contributed by atoms with Gasteiger partial charge in [-0.1, -0.05) is 58.0 Å². The third kappa shape index (κ3) is 15.1. The van der Waals surface area contributed by atoms with Crippen LogP contribution in [0.25, 0.3) is 21.7 Å². The Balaban J connectivity index is 0.917. The molecule has 6 atom stereocenters. The van der Waals surface area contributed by atoms with Crippen LogP contribution >= 0.6 is 11.6 Å². The number of nitrogens with one attached hydrogen (secondary N) is 1. The lowest BCUT2D eigenvalue weighted by Crippen LogP contribution is -2.60. The van der Waals surface area contributed by atoms with E-state index in [9.17, 15) is 53.2 Å². The van der Waals surface area contributed by atoms with E-state index >= 15 is 0 Å². The quantitative estimate of drug-likeness (QED) is 0.0122. The third-order valence-corrected chi connectivity index (χ3v) is 17.2. The van der Waals surface area contributed by atoms with Crippen molar-refractivity contribution in [3.05, 3.63) is 113 Å². The molecule has 28 heteroatoms. The van der Waals surface area contributed by atoms with E-state index in [4.69, 9.17) is 43.7 Å². The molecular weight excluding hydrogens is 1220 g/mol. The molecule has 0 saturated carbocycles. The van der Waals surface area contributed by atoms with E-state index in [0.29, 0.717) is 51.1 Å². The van der Waals surface area contributed by atoms with Crippen LogP contribution < -0.4 is 22.7 Å². The maximum Gasteiger partial charge on any atom is 0.501 e. The number of aromatic nitrogens is 4. The number of imide groups is 1. The maximum absolute atomic E-state index is 14.6. The van der Waals surface area contributed by atoms with Gasteiger partial charge < -0.3 is 72.5 Å². The number of aliphatic hydroxyl groups is 4. The van der Waals surface area contributed by atoms with Gasteiger partial charge in [0.05, 0.1) is 62.8 Å². The van der Waals surface area contributed by atoms with Crippen LogP contribution in [0, 0.1) is 10.8 Å². The summed E-state index contributed by atoms with van der Waals surface area (Å²) in [7, 11) is -2.29. The molecule has 0 aliphatic carbocycles. The number of halogens is 1. The molecule has 1 saturated heterocycles. The Kier molecular flexibility index (Phi) is 19.7. The highest BCUT2D eigenvalue weighted by molar-refractivity contribution is 7.82. The summed E-state index contributed by atoms with van der Waals surface area (Å²) in [4.78, 5) is 60.5. The number of carbonyl (C=O) groups excluding carboxylic acids is 4. The summed E-state index contributed by atoms with van der Waals surface area (Å²) in [6, 6.07) is 16.7. The molecule has 91 heavy (non-hydrogen) atoms. The lowest BCUT2D eigenvalue weighted by molar-refractivity contribution is -0.277. The van der Waals surface area contributed by atoms with E-state index in [1.165, 1.54) is 47.3 Å². The molecule has 4 amide bonds. The molecule has 4 aromatic carbocycles. The summed E-state index contributed by atoms with van der Waals surface area (Å²) in [6.45, 7) is 17.7. The van der Waals surface area contributed by atoms with E-state index in [-0.39, 0.29) is 85.2 Å². The molecule has 0 bridgehead atoms. The molecule has 3 aliphatic rings. The highest BCUT2D eigenvalue weighted by Gasteiger charge is 2.46. The van der Waals surface area contributed by atoms with Crippen molar-refractivity contribution in [3.8, 4) is 23.0 Å². The van der Waals surface area contributed by atoms with E-state index < -0.39 is 98.8 Å². The van der Waals surface area contributed by atoms with Gasteiger partial charge in [-0.3, -0.25) is 28.8 Å². The normalized spacial score (nSPS) is 20.0. The van der Waals surface area contributed by atoms with E-state index in [1.807, 2.05) is 61.6 Å². The summed E-state index contributed by atoms with van der Waals surface area (Å²) in [6.07, 6.45) is -4.47. The second kappa shape index (κ2) is 26.5. The Labute approximate surface area is 531 Å². The van der Waals surface area contributed by atoms with Gasteiger partial charge in [0.2, 0.25) is 6.29 Å². The Morgan fingerprint density at radius 3 is 2.21 bits per heavy atom. The molecule has 9 rings (SSSR count). The average molecular weight is 1300 g/mol. The number of amides is 4. The van der Waals surface area contributed by atoms with Gasteiger partial charge in [0.1, 0.15) is 35.9 Å². The molecule has 0 radical (unpaired) electrons. The van der Waals surface area contributed by atoms with Gasteiger partial charge in [-0.2, -0.15) is 0 Å². The number of oxime groups is 1. The van der Waals surface area contributed by atoms with Crippen LogP contribution in [0.4, 0.5) is 5.69 Å². The molecule has 2 aromatic heterocycles. The number of hydrogen-bond donors (Lipinski definition) is 6. The molecule has 0 spiro atoms. The molecule has 6 aromatic rings. The second-order valence-electron chi connectivity index (χ2n) is 26.0. The van der Waals surface area contributed by atoms with Crippen molar-refractivity contribution in [1.82, 2.24) is 29.8 Å². The number of aromatic amines is 1. The number of anilines is 1. The van der Waals surface area contributed by atoms with Crippen molar-refractivity contribution in [2.75, 3.05) is 71.0 Å². The van der Waals surface area contributed by atoms with Crippen LogP contribution in [0.15, 0.2) is 90.2 Å². The smallest absolute Gasteiger partial charge is 0.497 e. The largest absolute Gasteiger partial charge is 0.501 e. The number of alkyl halides is 1. The minimum Gasteiger partial charge on any atom is -0.497 e. The van der Waals surface area contributed by atoms with Crippen molar-refractivity contribution in [1.29, 1.82) is 0 Å². The Morgan fingerprint density at radius 1 is 0.835 bits per heavy atom. The first-order valence-corrected chi connectivity index (χ1v) is 31.1. The highest BCUT2D eigenvalue weighted by Crippen LogP contribution is 2.48. The van der Waals surface area contributed by atoms with Gasteiger partial charge in [0.25, 0.3) is 23.6 Å². The molecule has 6 N–H and O–H groups in total. The van der Waals surface area contributed by atoms with Crippen molar-refractivity contribution >= 4 is 78.7 Å². The minimum absolute atomic E-state index is 0.0639. The first-order chi connectivity index (χ1) is 42.8. The number of benzene rings is 4. The number of methoxy groups -OCH3 is 1. The third-order valence-electron chi connectivity index (χ3n) is 16.0. The van der Waals surface area contributed by atoms with Crippen LogP contribution in [-0.2, 0) is 46.2 Å². The van der Waals surface area contributed by atoms with Crippen LogP contribution in [0.5, 0.6) is 23.0 Å². The predicted molar refractivity (Wildman–Crippen MR) is 333 cm³/mol. The van der Waals surface area contributed by atoms with Gasteiger partial charge in [0, 0.05) is 101 Å². The highest BCUT2D eigenvalue weighted by atomic mass is 35.5. The monoisotopic (exact) mass is 1300 g/mol. The van der Waals surface area contributed by atoms with Crippen molar-refractivity contribution in [2.45, 2.75) is 116 Å². The van der Waals surface area contributed by atoms with Crippen molar-refractivity contribution in [2.24, 2.45) is 16.0 Å². The number of H-pyrrole nitrogens is 1. The fourth-order valence-corrected chi connectivity index (χ4v) is 12.2. The van der Waals surface area contributed by atoms with Gasteiger partial charge in [-0.25, -0.2) is 0 Å². The zero-order valence-electron chi connectivity index (χ0n) is 52.4. The van der Waals surface area contributed by atoms with Crippen LogP contribution in [0.1, 0.15) is 106 Å². The van der Waals surface area contributed by atoms with Crippen molar-refractivity contribution in [3.63, 3.8) is 0 Å². The lowest BCUT2D eigenvalue weighted by Gasteiger charge is -2.39. The molecule has 0 unspecified atom stereocenters. The fourth-order valence-electron chi connectivity index (χ4n) is 11.2. The van der Waals surface area contributed by atoms with Crippen LogP contribution in [0.3, 0.4) is 0 Å². The maximum atomic E-state index is 14.6. The molecule has 3 aliphatic heterocycles. The number of ether oxygens (including phenoxy) is 5. The molecule has 26 nitrogen and oxygen atoms in total. The van der Waals surface area contributed by atoms with Crippen LogP contribution in [0.2, 0.25) is 0 Å². The predicted octanol–water partition coefficient (Wildman–Crippen LogP) is 5.82. The number of hydrogen-bond acceptors (Lipinski definition) is 21. The summed E-state index contributed by atoms with van der Waals surface area (Å²) in [5, 5.41) is 65.0. The molecule has 5 heterocycles. The second-order valence-corrected chi connectivity index (χ2v) is 27.5. The Hall–Kier alpha value is -7.73. The van der Waals surface area contributed by atoms with E-state index in [0.717, 1.165) is 11.0 Å². The Morgan fingerprint density at radius 2 is 1.53 bits per heavy atom. The Bertz CT molecular complexity index is 3900. The SMILES string of the molecule is COc1ccc2c(OS(=O)(=O)Oc3cc(C(=O)N(C)CC(C)(C)COCC(C)(C)Cn4cc(C(C)(C)COC(C)(C)CN5C(=O)C=CC5=O)nn4)ccc3O[C@@H]3O[C@H](CO)[C@H](O)[C@H](O)[C@H]3O)cc3c(c2c1)[C@H](CCl)CN3C(=O)c1cc2cc(/C(C)=N/O)ccc2[nH]1. The number of carbonyl (C=O) groups is 4. The zero-order chi connectivity index (χ0) is 66.3. The standard InChI is InChI=1S/C63H77ClN8O18S/c1-35(67-81)36-12-16-43-38(20-36)21-44(65-43)58(80)71-26-39(25-64)53-42-23-40(84-11)14-15-41(42)47(24-45(53)71)89-91(82,83)90-48-22-37(13-17-46(48)87-59-56(78)55(77)54(76)49(28-73)88-59)57(79)69(10)29-60(2,3)32-85-33-61(4,5)30-70-27-50(66-68-70)62(6,7)34-86-63(8,9)31-72-51(74)18-19-52(72)75/h12-24,27,39,49,54-56,59,65,73,76-78,81H,25-26,28-34H2,1-11H3/b67-35+/t39-,49-,54+,55+,56-,59-/m1/s1. The van der Waals surface area contributed by atoms with E-state index in [1.54, 1.807) is 61.1 Å². The zero-order valence-corrected chi connectivity index (χ0v) is 53.9. The van der Waals surface area contributed by atoms with Gasteiger partial charge in [0.15, 0.2) is 17.2 Å². The van der Waals surface area contributed by atoms with Gasteiger partial charge in [-0.15, -0.1) is 25.1 Å². The summed E-state index contributed by atoms with van der Waals surface area (Å²) in [5.74, 6) is -3.20. The number of aliphatic hydroxyl groups excluding tert-OH is 4. The lowest BCUT2D eigenvalue weighted by atomic mass is 9.90. The minimum atomic E-state index is -5.30.